The van der Waals surface area contributed by atoms with E-state index in [-0.39, 0.29) is 62.5 Å². The summed E-state index contributed by atoms with van der Waals surface area (Å²) in [5.74, 6) is -1.75. The van der Waals surface area contributed by atoms with Crippen LogP contribution in [0.15, 0.2) is 48.0 Å². The largest absolute Gasteiger partial charge is 0.493 e. The zero-order valence-electron chi connectivity index (χ0n) is 23.0. The second kappa shape index (κ2) is 13.2. The van der Waals surface area contributed by atoms with Crippen molar-refractivity contribution in [2.24, 2.45) is 0 Å². The molecule has 1 heterocycles. The van der Waals surface area contributed by atoms with Crippen LogP contribution in [0.1, 0.15) is 48.8 Å². The Morgan fingerprint density at radius 3 is 2.56 bits per heavy atom. The van der Waals surface area contributed by atoms with Crippen LogP contribution in [0.3, 0.4) is 0 Å². The fraction of sp³-hybridized carbons (Fsp3) is 0.433. The molecule has 0 aromatic heterocycles. The Morgan fingerprint density at radius 2 is 1.90 bits per heavy atom. The minimum atomic E-state index is -1.34. The summed E-state index contributed by atoms with van der Waals surface area (Å²) in [5, 5.41) is 33.4. The van der Waals surface area contributed by atoms with Crippen LogP contribution in [-0.4, -0.2) is 76.3 Å². The molecule has 4 rings (SSSR count). The van der Waals surface area contributed by atoms with E-state index in [9.17, 15) is 34.1 Å². The molecule has 10 nitrogen and oxygen atoms in total. The van der Waals surface area contributed by atoms with Gasteiger partial charge in [-0.3, -0.25) is 9.59 Å². The summed E-state index contributed by atoms with van der Waals surface area (Å²) in [4.78, 5) is 39.8. The van der Waals surface area contributed by atoms with Gasteiger partial charge in [0, 0.05) is 42.6 Å². The first-order valence-corrected chi connectivity index (χ1v) is 13.5. The highest BCUT2D eigenvalue weighted by Gasteiger charge is 2.51. The van der Waals surface area contributed by atoms with E-state index in [2.05, 4.69) is 5.32 Å². The van der Waals surface area contributed by atoms with Gasteiger partial charge in [0.2, 0.25) is 11.8 Å². The molecule has 2 aliphatic rings. The lowest BCUT2D eigenvalue weighted by molar-refractivity contribution is -0.138. The average Bonchev–Trinajstić information content (AvgIpc) is 3.35. The van der Waals surface area contributed by atoms with Crippen molar-refractivity contribution >= 4 is 17.6 Å². The van der Waals surface area contributed by atoms with E-state index in [4.69, 9.17) is 9.47 Å². The van der Waals surface area contributed by atoms with Crippen LogP contribution in [0.2, 0.25) is 0 Å². The molecule has 1 aliphatic heterocycles. The number of benzene rings is 2. The molecule has 0 spiro atoms. The molecule has 2 aromatic carbocycles. The highest BCUT2D eigenvalue weighted by molar-refractivity contribution is 5.96. The zero-order valence-corrected chi connectivity index (χ0v) is 23.0. The summed E-state index contributed by atoms with van der Waals surface area (Å²) in [6, 6.07) is 8.14. The molecule has 4 N–H and O–H groups in total. The van der Waals surface area contributed by atoms with Gasteiger partial charge in [0.1, 0.15) is 23.8 Å². The number of hydrogen-bond acceptors (Lipinski definition) is 8. The standard InChI is InChI=1S/C30H35FN2O8/c1-17(36)6-5-9-25(37)33(15-19-7-3-4-8-22(19)31)23-14-21(30(39)32-10-11-34)26-20-12-18(16-35)13-24(40-2)28(20)41-29(26)27(23)38/h3-4,7-8,12-14,23,26-27,29,34-35,38H,5-6,9-11,15-16H2,1-2H3,(H,32,39). The summed E-state index contributed by atoms with van der Waals surface area (Å²) in [5.41, 5.74) is 1.43. The number of nitrogens with zero attached hydrogens (tertiary/aromatic N) is 1. The Hall–Kier alpha value is -3.80. The Labute approximate surface area is 237 Å². The van der Waals surface area contributed by atoms with Gasteiger partial charge >= 0.3 is 0 Å². The summed E-state index contributed by atoms with van der Waals surface area (Å²) in [6.45, 7) is 0.600. The van der Waals surface area contributed by atoms with Gasteiger partial charge in [-0.25, -0.2) is 4.39 Å². The third-order valence-corrected chi connectivity index (χ3v) is 7.39. The number of fused-ring (bicyclic) bond motifs is 3. The number of nitrogens with one attached hydrogen (secondary N) is 1. The molecule has 2 amide bonds. The van der Waals surface area contributed by atoms with Gasteiger partial charge in [-0.2, -0.15) is 0 Å². The summed E-state index contributed by atoms with van der Waals surface area (Å²) in [7, 11) is 1.43. The van der Waals surface area contributed by atoms with Crippen LogP contribution < -0.4 is 14.8 Å². The highest BCUT2D eigenvalue weighted by atomic mass is 19.1. The predicted molar refractivity (Wildman–Crippen MR) is 146 cm³/mol. The van der Waals surface area contributed by atoms with Gasteiger partial charge in [0.15, 0.2) is 11.5 Å². The second-order valence-electron chi connectivity index (χ2n) is 10.2. The zero-order chi connectivity index (χ0) is 29.7. The van der Waals surface area contributed by atoms with Gasteiger partial charge in [-0.05, 0) is 43.2 Å². The number of rotatable bonds is 12. The number of aliphatic hydroxyl groups is 3. The number of methoxy groups -OCH3 is 1. The molecule has 4 unspecified atom stereocenters. The molecular formula is C30H35FN2O8. The van der Waals surface area contributed by atoms with Gasteiger partial charge in [0.05, 0.1) is 32.3 Å². The number of carbonyl (C=O) groups excluding carboxylic acids is 3. The molecule has 0 saturated heterocycles. The summed E-state index contributed by atoms with van der Waals surface area (Å²) in [6.07, 6.45) is -0.446. The number of amides is 2. The van der Waals surface area contributed by atoms with Crippen LogP contribution in [0.5, 0.6) is 11.5 Å². The Morgan fingerprint density at radius 1 is 1.15 bits per heavy atom. The Balaban J connectivity index is 1.80. The van der Waals surface area contributed by atoms with Crippen LogP contribution in [0.25, 0.3) is 0 Å². The van der Waals surface area contributed by atoms with E-state index >= 15 is 0 Å². The maximum absolute atomic E-state index is 14.7. The van der Waals surface area contributed by atoms with Crippen molar-refractivity contribution in [3.63, 3.8) is 0 Å². The fourth-order valence-corrected chi connectivity index (χ4v) is 5.42. The minimum Gasteiger partial charge on any atom is -0.493 e. The Kier molecular flexibility index (Phi) is 9.74. The second-order valence-corrected chi connectivity index (χ2v) is 10.2. The SMILES string of the molecule is COc1cc(CO)cc2c1OC1C2C(C(=O)NCCO)=CC(N(Cc2ccccc2F)C(=O)CCCC(C)=O)C1O. The smallest absolute Gasteiger partial charge is 0.247 e. The highest BCUT2D eigenvalue weighted by Crippen LogP contribution is 2.51. The average molecular weight is 571 g/mol. The summed E-state index contributed by atoms with van der Waals surface area (Å²) < 4.78 is 26.4. The Bertz CT molecular complexity index is 1330. The molecular weight excluding hydrogens is 535 g/mol. The van der Waals surface area contributed by atoms with Crippen LogP contribution in [-0.2, 0) is 27.5 Å². The maximum atomic E-state index is 14.7. The lowest BCUT2D eigenvalue weighted by Crippen LogP contribution is -2.55. The lowest BCUT2D eigenvalue weighted by atomic mass is 9.77. The maximum Gasteiger partial charge on any atom is 0.247 e. The number of halogens is 1. The quantitative estimate of drug-likeness (QED) is 0.302. The number of carbonyl (C=O) groups is 3. The molecule has 1 aliphatic carbocycles. The third kappa shape index (κ3) is 6.42. The first-order chi connectivity index (χ1) is 19.7. The molecule has 220 valence electrons. The molecule has 0 radical (unpaired) electrons. The van der Waals surface area contributed by atoms with Crippen molar-refractivity contribution in [1.29, 1.82) is 0 Å². The van der Waals surface area contributed by atoms with Crippen molar-refractivity contribution in [1.82, 2.24) is 10.2 Å². The minimum absolute atomic E-state index is 0.0278. The molecule has 41 heavy (non-hydrogen) atoms. The van der Waals surface area contributed by atoms with Crippen molar-refractivity contribution in [2.45, 2.75) is 63.5 Å². The fourth-order valence-electron chi connectivity index (χ4n) is 5.42. The van der Waals surface area contributed by atoms with E-state index < -0.39 is 41.8 Å². The van der Waals surface area contributed by atoms with E-state index in [1.807, 2.05) is 0 Å². The first kappa shape index (κ1) is 30.2. The first-order valence-electron chi connectivity index (χ1n) is 13.5. The topological polar surface area (TPSA) is 146 Å². The number of Topliss-reactive ketones (excluding diaryl/α,β-unsaturated/α-hetero) is 1. The summed E-state index contributed by atoms with van der Waals surface area (Å²) >= 11 is 0. The van der Waals surface area contributed by atoms with Gasteiger partial charge in [0.25, 0.3) is 0 Å². The lowest BCUT2D eigenvalue weighted by Gasteiger charge is -2.41. The van der Waals surface area contributed by atoms with Gasteiger partial charge in [-0.15, -0.1) is 0 Å². The van der Waals surface area contributed by atoms with E-state index in [0.717, 1.165) is 0 Å². The van der Waals surface area contributed by atoms with Crippen LogP contribution in [0, 0.1) is 5.82 Å². The monoisotopic (exact) mass is 570 g/mol. The molecule has 0 saturated carbocycles. The number of ketones is 1. The van der Waals surface area contributed by atoms with Crippen molar-refractivity contribution in [3.05, 3.63) is 70.6 Å². The number of ether oxygens (including phenoxy) is 2. The number of hydrogen-bond donors (Lipinski definition) is 4. The van der Waals surface area contributed by atoms with Crippen LogP contribution >= 0.6 is 0 Å². The van der Waals surface area contributed by atoms with E-state index in [1.165, 1.54) is 43.2 Å². The van der Waals surface area contributed by atoms with E-state index in [0.29, 0.717) is 22.6 Å². The van der Waals surface area contributed by atoms with Crippen molar-refractivity contribution in [2.75, 3.05) is 20.3 Å². The van der Waals surface area contributed by atoms with Gasteiger partial charge < -0.3 is 39.8 Å². The molecule has 0 fully saturated rings. The van der Waals surface area contributed by atoms with E-state index in [1.54, 1.807) is 18.2 Å². The molecule has 4 atom stereocenters. The molecule has 2 aromatic rings. The molecule has 0 bridgehead atoms. The normalized spacial score (nSPS) is 20.8. The van der Waals surface area contributed by atoms with Crippen LogP contribution in [0.4, 0.5) is 4.39 Å². The van der Waals surface area contributed by atoms with Gasteiger partial charge in [-0.1, -0.05) is 18.2 Å². The van der Waals surface area contributed by atoms with Crippen molar-refractivity contribution < 1.29 is 43.6 Å². The third-order valence-electron chi connectivity index (χ3n) is 7.39. The molecule has 11 heteroatoms. The predicted octanol–water partition coefficient (Wildman–Crippen LogP) is 1.74. The van der Waals surface area contributed by atoms with Crippen molar-refractivity contribution in [3.8, 4) is 11.5 Å². The number of aliphatic hydroxyl groups excluding tert-OH is 3.